The van der Waals surface area contributed by atoms with Crippen molar-refractivity contribution in [2.24, 2.45) is 0 Å². The summed E-state index contributed by atoms with van der Waals surface area (Å²) in [5.41, 5.74) is 0.720. The molecule has 2 N–H and O–H groups in total. The Morgan fingerprint density at radius 3 is 2.23 bits per heavy atom. The Balaban J connectivity index is 1.52. The number of phenols is 2. The van der Waals surface area contributed by atoms with Gasteiger partial charge in [0.2, 0.25) is 0 Å². The Morgan fingerprint density at radius 2 is 1.58 bits per heavy atom. The van der Waals surface area contributed by atoms with Crippen molar-refractivity contribution in [1.82, 2.24) is 0 Å². The van der Waals surface area contributed by atoms with E-state index in [4.69, 9.17) is 14.2 Å². The van der Waals surface area contributed by atoms with Gasteiger partial charge in [0.25, 0.3) is 0 Å². The lowest BCUT2D eigenvalue weighted by molar-refractivity contribution is 0.0508. The highest BCUT2D eigenvalue weighted by molar-refractivity contribution is 5.91. The molecule has 7 nitrogen and oxygen atoms in total. The molecule has 0 amide bonds. The van der Waals surface area contributed by atoms with Crippen molar-refractivity contribution in [3.63, 3.8) is 0 Å². The van der Waals surface area contributed by atoms with Crippen LogP contribution >= 0.6 is 0 Å². The van der Waals surface area contributed by atoms with Gasteiger partial charge in [0.15, 0.2) is 11.5 Å². The van der Waals surface area contributed by atoms with Gasteiger partial charge in [0.05, 0.1) is 24.8 Å². The molecule has 0 aliphatic rings. The Morgan fingerprint density at radius 1 is 0.871 bits per heavy atom. The number of ether oxygens (including phenoxy) is 3. The first-order valence-corrected chi connectivity index (χ1v) is 9.21. The van der Waals surface area contributed by atoms with Crippen LogP contribution in [0.3, 0.4) is 0 Å². The Labute approximate surface area is 177 Å². The van der Waals surface area contributed by atoms with Crippen LogP contribution in [0.2, 0.25) is 0 Å². The molecule has 0 fully saturated rings. The zero-order valence-electron chi connectivity index (χ0n) is 16.5. The number of rotatable bonds is 7. The van der Waals surface area contributed by atoms with Gasteiger partial charge in [-0.2, -0.15) is 0 Å². The summed E-state index contributed by atoms with van der Waals surface area (Å²) in [6, 6.07) is 14.0. The van der Waals surface area contributed by atoms with Gasteiger partial charge in [0.1, 0.15) is 17.3 Å². The molecule has 0 saturated heterocycles. The molecule has 3 aromatic carbocycles. The fraction of sp³-hybridized carbons (Fsp3) is 0.130. The number of benzene rings is 3. The van der Waals surface area contributed by atoms with Crippen LogP contribution < -0.4 is 9.47 Å². The summed E-state index contributed by atoms with van der Waals surface area (Å²) in [5, 5.41) is 18.7. The maximum absolute atomic E-state index is 14.0. The number of esters is 2. The van der Waals surface area contributed by atoms with Gasteiger partial charge in [-0.25, -0.2) is 14.0 Å². The molecule has 3 aromatic rings. The molecule has 0 heterocycles. The van der Waals surface area contributed by atoms with Crippen LogP contribution in [0.25, 0.3) is 0 Å². The van der Waals surface area contributed by atoms with Crippen LogP contribution in [0.4, 0.5) is 4.39 Å². The summed E-state index contributed by atoms with van der Waals surface area (Å²) in [4.78, 5) is 24.1. The maximum atomic E-state index is 14.0. The Kier molecular flexibility index (Phi) is 6.71. The van der Waals surface area contributed by atoms with E-state index in [0.717, 1.165) is 17.7 Å². The predicted molar refractivity (Wildman–Crippen MR) is 108 cm³/mol. The van der Waals surface area contributed by atoms with Crippen LogP contribution in [0.15, 0.2) is 60.7 Å². The lowest BCUT2D eigenvalue weighted by Gasteiger charge is -2.08. The number of aromatic hydroxyl groups is 2. The first kappa shape index (κ1) is 21.6. The average Bonchev–Trinajstić information content (AvgIpc) is 2.76. The number of halogens is 1. The molecule has 0 unspecified atom stereocenters. The van der Waals surface area contributed by atoms with E-state index >= 15 is 0 Å². The molecule has 0 aliphatic heterocycles. The standard InChI is InChI=1S/C23H19FO7/c1-29-17-7-8-18(19(24)13-17)23(28)31-16-5-2-14(3-6-16)10-11-30-22(27)15-4-9-20(25)21(26)12-15/h2-9,12-13,25-26H,10-11H2,1H3. The zero-order valence-corrected chi connectivity index (χ0v) is 16.5. The topological polar surface area (TPSA) is 102 Å². The summed E-state index contributed by atoms with van der Waals surface area (Å²) < 4.78 is 29.2. The maximum Gasteiger partial charge on any atom is 0.346 e. The number of hydrogen-bond donors (Lipinski definition) is 2. The summed E-state index contributed by atoms with van der Waals surface area (Å²) >= 11 is 0. The van der Waals surface area contributed by atoms with Crippen LogP contribution in [-0.4, -0.2) is 35.9 Å². The van der Waals surface area contributed by atoms with Gasteiger partial charge in [-0.15, -0.1) is 0 Å². The van der Waals surface area contributed by atoms with Gasteiger partial charge < -0.3 is 24.4 Å². The predicted octanol–water partition coefficient (Wildman–Crippen LogP) is 3.86. The van der Waals surface area contributed by atoms with E-state index in [-0.39, 0.29) is 29.2 Å². The van der Waals surface area contributed by atoms with E-state index < -0.39 is 23.5 Å². The third kappa shape index (κ3) is 5.51. The summed E-state index contributed by atoms with van der Waals surface area (Å²) in [7, 11) is 1.40. The van der Waals surface area contributed by atoms with Gasteiger partial charge in [-0.1, -0.05) is 12.1 Å². The average molecular weight is 426 g/mol. The lowest BCUT2D eigenvalue weighted by atomic mass is 10.1. The number of carbonyl (C=O) groups excluding carboxylic acids is 2. The highest BCUT2D eigenvalue weighted by Crippen LogP contribution is 2.25. The third-order valence-corrected chi connectivity index (χ3v) is 4.37. The highest BCUT2D eigenvalue weighted by Gasteiger charge is 2.15. The van der Waals surface area contributed by atoms with Crippen molar-refractivity contribution >= 4 is 11.9 Å². The number of methoxy groups -OCH3 is 1. The minimum atomic E-state index is -0.834. The van der Waals surface area contributed by atoms with E-state index in [1.807, 2.05) is 0 Å². The molecular formula is C23H19FO7. The largest absolute Gasteiger partial charge is 0.504 e. The summed E-state index contributed by atoms with van der Waals surface area (Å²) in [6.07, 6.45) is 0.400. The summed E-state index contributed by atoms with van der Waals surface area (Å²) in [5.74, 6) is -2.42. The van der Waals surface area contributed by atoms with E-state index in [0.29, 0.717) is 12.2 Å². The zero-order chi connectivity index (χ0) is 22.4. The first-order valence-electron chi connectivity index (χ1n) is 9.21. The molecule has 8 heteroatoms. The normalized spacial score (nSPS) is 10.4. The number of carbonyl (C=O) groups is 2. The summed E-state index contributed by atoms with van der Waals surface area (Å²) in [6.45, 7) is 0.0800. The van der Waals surface area contributed by atoms with E-state index in [2.05, 4.69) is 0 Å². The van der Waals surface area contributed by atoms with Gasteiger partial charge >= 0.3 is 11.9 Å². The van der Waals surface area contributed by atoms with Crippen LogP contribution in [0.1, 0.15) is 26.3 Å². The number of phenolic OH excluding ortho intramolecular Hbond substituents is 2. The third-order valence-electron chi connectivity index (χ3n) is 4.37. The van der Waals surface area contributed by atoms with E-state index in [1.165, 1.54) is 31.4 Å². The van der Waals surface area contributed by atoms with Gasteiger partial charge in [0, 0.05) is 12.5 Å². The molecule has 0 bridgehead atoms. The highest BCUT2D eigenvalue weighted by atomic mass is 19.1. The van der Waals surface area contributed by atoms with Crippen molar-refractivity contribution in [3.8, 4) is 23.0 Å². The lowest BCUT2D eigenvalue weighted by Crippen LogP contribution is -2.11. The fourth-order valence-corrected chi connectivity index (χ4v) is 2.67. The van der Waals surface area contributed by atoms with Crippen LogP contribution in [0, 0.1) is 5.82 Å². The second-order valence-corrected chi connectivity index (χ2v) is 6.47. The number of hydrogen-bond acceptors (Lipinski definition) is 7. The smallest absolute Gasteiger partial charge is 0.346 e. The SMILES string of the molecule is COc1ccc(C(=O)Oc2ccc(CCOC(=O)c3ccc(O)c(O)c3)cc2)c(F)c1. The van der Waals surface area contributed by atoms with Gasteiger partial charge in [-0.3, -0.25) is 0 Å². The molecule has 0 aliphatic carbocycles. The molecular weight excluding hydrogens is 407 g/mol. The first-order chi connectivity index (χ1) is 14.9. The molecule has 0 aromatic heterocycles. The monoisotopic (exact) mass is 426 g/mol. The molecule has 3 rings (SSSR count). The molecule has 0 radical (unpaired) electrons. The van der Waals surface area contributed by atoms with Crippen molar-refractivity contribution in [2.75, 3.05) is 13.7 Å². The Bertz CT molecular complexity index is 1090. The van der Waals surface area contributed by atoms with Crippen molar-refractivity contribution in [1.29, 1.82) is 0 Å². The van der Waals surface area contributed by atoms with E-state index in [1.54, 1.807) is 24.3 Å². The van der Waals surface area contributed by atoms with Gasteiger partial charge in [-0.05, 0) is 48.0 Å². The minimum absolute atomic E-state index is 0.0800. The molecule has 0 saturated carbocycles. The Hall–Kier alpha value is -4.07. The molecule has 0 atom stereocenters. The minimum Gasteiger partial charge on any atom is -0.504 e. The fourth-order valence-electron chi connectivity index (χ4n) is 2.67. The van der Waals surface area contributed by atoms with Crippen molar-refractivity contribution in [2.45, 2.75) is 6.42 Å². The quantitative estimate of drug-likeness (QED) is 0.336. The molecule has 31 heavy (non-hydrogen) atoms. The molecule has 0 spiro atoms. The molecule has 160 valence electrons. The van der Waals surface area contributed by atoms with Crippen molar-refractivity contribution < 1.29 is 38.4 Å². The van der Waals surface area contributed by atoms with Crippen LogP contribution in [0.5, 0.6) is 23.0 Å². The second kappa shape index (κ2) is 9.62. The second-order valence-electron chi connectivity index (χ2n) is 6.47. The van der Waals surface area contributed by atoms with E-state index in [9.17, 15) is 24.2 Å². The van der Waals surface area contributed by atoms with Crippen molar-refractivity contribution in [3.05, 3.63) is 83.2 Å². The van der Waals surface area contributed by atoms with Crippen LogP contribution in [-0.2, 0) is 11.2 Å².